The quantitative estimate of drug-likeness (QED) is 0.625. The molecule has 1 aliphatic heterocycles. The van der Waals surface area contributed by atoms with Crippen molar-refractivity contribution in [3.05, 3.63) is 34.9 Å². The van der Waals surface area contributed by atoms with E-state index >= 15 is 0 Å². The van der Waals surface area contributed by atoms with Gasteiger partial charge in [0.2, 0.25) is 5.91 Å². The van der Waals surface area contributed by atoms with Gasteiger partial charge in [0.1, 0.15) is 0 Å². The number of benzene rings is 1. The van der Waals surface area contributed by atoms with E-state index < -0.39 is 11.6 Å². The minimum atomic E-state index is -0.871. The number of aryl methyl sites for hydroxylation is 2. The number of hydrogen-bond acceptors (Lipinski definition) is 4. The molecule has 3 rings (SSSR count). The molecule has 1 saturated carbocycles. The highest BCUT2D eigenvalue weighted by molar-refractivity contribution is 8.00. The fourth-order valence-corrected chi connectivity index (χ4v) is 5.82. The van der Waals surface area contributed by atoms with E-state index in [1.807, 2.05) is 24.0 Å². The number of carbonyl (C=O) groups excluding carboxylic acids is 1. The molecule has 1 heterocycles. The molecule has 2 aliphatic rings. The summed E-state index contributed by atoms with van der Waals surface area (Å²) < 4.78 is 0. The van der Waals surface area contributed by atoms with Gasteiger partial charge in [-0.1, -0.05) is 38.3 Å². The van der Waals surface area contributed by atoms with Crippen molar-refractivity contribution in [2.75, 3.05) is 12.3 Å². The number of nitrogens with zero attached hydrogens (tertiary/aromatic N) is 1. The minimum Gasteiger partial charge on any atom is -0.478 e. The van der Waals surface area contributed by atoms with Gasteiger partial charge in [-0.05, 0) is 62.1 Å². The number of hydrogen-bond donors (Lipinski definition) is 2. The molecule has 1 saturated heterocycles. The van der Waals surface area contributed by atoms with Crippen LogP contribution in [-0.2, 0) is 17.6 Å². The summed E-state index contributed by atoms with van der Waals surface area (Å²) in [6, 6.07) is 5.63. The predicted octanol–water partition coefficient (Wildman–Crippen LogP) is 4.26. The third-order valence-corrected chi connectivity index (χ3v) is 7.66. The Morgan fingerprint density at radius 2 is 2.03 bits per heavy atom. The van der Waals surface area contributed by atoms with Crippen molar-refractivity contribution in [3.63, 3.8) is 0 Å². The molecule has 1 amide bonds. The first-order valence-electron chi connectivity index (χ1n) is 10.9. The van der Waals surface area contributed by atoms with E-state index in [-0.39, 0.29) is 11.3 Å². The third kappa shape index (κ3) is 5.76. The van der Waals surface area contributed by atoms with Crippen LogP contribution in [0.3, 0.4) is 0 Å². The number of aromatic carboxylic acids is 1. The van der Waals surface area contributed by atoms with Crippen LogP contribution in [0.1, 0.15) is 79.8 Å². The molecule has 29 heavy (non-hydrogen) atoms. The molecule has 1 aromatic rings. The van der Waals surface area contributed by atoms with Gasteiger partial charge in [-0.3, -0.25) is 4.79 Å². The number of carboxylic acids is 1. The van der Waals surface area contributed by atoms with Crippen LogP contribution in [-0.4, -0.2) is 50.3 Å². The summed E-state index contributed by atoms with van der Waals surface area (Å²) in [6.07, 6.45) is 9.26. The maximum Gasteiger partial charge on any atom is 0.335 e. The van der Waals surface area contributed by atoms with Crippen molar-refractivity contribution in [3.8, 4) is 0 Å². The summed E-state index contributed by atoms with van der Waals surface area (Å²) in [7, 11) is 0. The molecule has 1 unspecified atom stereocenters. The van der Waals surface area contributed by atoms with Crippen LogP contribution in [0.5, 0.6) is 0 Å². The summed E-state index contributed by atoms with van der Waals surface area (Å²) in [4.78, 5) is 25.6. The van der Waals surface area contributed by atoms with Crippen molar-refractivity contribution in [1.82, 2.24) is 4.90 Å². The van der Waals surface area contributed by atoms with E-state index in [1.165, 1.54) is 6.42 Å². The lowest BCUT2D eigenvalue weighted by molar-refractivity contribution is -0.129. The van der Waals surface area contributed by atoms with Crippen LogP contribution < -0.4 is 0 Å². The lowest BCUT2D eigenvalue weighted by Gasteiger charge is -2.34. The second kappa shape index (κ2) is 9.98. The van der Waals surface area contributed by atoms with Gasteiger partial charge in [-0.2, -0.15) is 0 Å². The molecular weight excluding hydrogens is 386 g/mol. The van der Waals surface area contributed by atoms with Crippen LogP contribution in [0.25, 0.3) is 0 Å². The summed E-state index contributed by atoms with van der Waals surface area (Å²) in [5, 5.41) is 20.2. The number of amides is 1. The number of carboxylic acid groups (broad SMARTS) is 1. The Hall–Kier alpha value is -1.53. The van der Waals surface area contributed by atoms with E-state index in [1.54, 1.807) is 17.8 Å². The Labute approximate surface area is 177 Å². The van der Waals surface area contributed by atoms with Crippen molar-refractivity contribution in [1.29, 1.82) is 0 Å². The van der Waals surface area contributed by atoms with E-state index in [0.717, 1.165) is 56.1 Å². The Morgan fingerprint density at radius 3 is 2.72 bits per heavy atom. The van der Waals surface area contributed by atoms with Gasteiger partial charge in [0.05, 0.1) is 22.3 Å². The molecule has 0 bridgehead atoms. The highest BCUT2D eigenvalue weighted by Gasteiger charge is 2.35. The zero-order valence-corrected chi connectivity index (χ0v) is 18.2. The molecule has 0 radical (unpaired) electrons. The van der Waals surface area contributed by atoms with Crippen LogP contribution in [0.4, 0.5) is 0 Å². The molecule has 1 aliphatic carbocycles. The molecule has 1 atom stereocenters. The average molecular weight is 420 g/mol. The zero-order valence-electron chi connectivity index (χ0n) is 17.4. The lowest BCUT2D eigenvalue weighted by Crippen LogP contribution is -2.40. The normalized spacial score (nSPS) is 21.5. The van der Waals surface area contributed by atoms with Gasteiger partial charge >= 0.3 is 5.97 Å². The average Bonchev–Trinajstić information content (AvgIpc) is 3.06. The van der Waals surface area contributed by atoms with E-state index in [2.05, 4.69) is 0 Å². The van der Waals surface area contributed by atoms with Gasteiger partial charge in [0, 0.05) is 6.54 Å². The van der Waals surface area contributed by atoms with Gasteiger partial charge in [0.25, 0.3) is 0 Å². The second-order valence-corrected chi connectivity index (χ2v) is 9.60. The summed E-state index contributed by atoms with van der Waals surface area (Å²) in [5.74, 6) is -0.140. The van der Waals surface area contributed by atoms with Crippen molar-refractivity contribution in [2.45, 2.75) is 82.1 Å². The number of rotatable bonds is 9. The highest BCUT2D eigenvalue weighted by atomic mass is 32.2. The number of carbonyl (C=O) groups is 2. The first-order chi connectivity index (χ1) is 13.9. The molecule has 0 aromatic heterocycles. The summed E-state index contributed by atoms with van der Waals surface area (Å²) >= 11 is 1.71. The first kappa shape index (κ1) is 22.2. The van der Waals surface area contributed by atoms with Gasteiger partial charge < -0.3 is 15.1 Å². The lowest BCUT2D eigenvalue weighted by atomic mass is 9.82. The van der Waals surface area contributed by atoms with Gasteiger partial charge in [-0.15, -0.1) is 11.8 Å². The zero-order chi connectivity index (χ0) is 20.9. The van der Waals surface area contributed by atoms with Gasteiger partial charge in [0.15, 0.2) is 0 Å². The Kier molecular flexibility index (Phi) is 7.63. The SMILES string of the molecule is CCc1cc(CCCC2SCC(=O)N2CCC2(O)CCCCC2)ccc1C(=O)O. The summed E-state index contributed by atoms with van der Waals surface area (Å²) in [5.41, 5.74) is 1.84. The van der Waals surface area contributed by atoms with Crippen molar-refractivity contribution >= 4 is 23.6 Å². The topological polar surface area (TPSA) is 77.8 Å². The molecular formula is C23H33NO4S. The van der Waals surface area contributed by atoms with Gasteiger partial charge in [-0.25, -0.2) is 4.79 Å². The third-order valence-electron chi connectivity index (χ3n) is 6.37. The minimum absolute atomic E-state index is 0.193. The molecule has 160 valence electrons. The molecule has 0 spiro atoms. The first-order valence-corrected chi connectivity index (χ1v) is 12.0. The fourth-order valence-electron chi connectivity index (χ4n) is 4.58. The molecule has 1 aromatic carbocycles. The monoisotopic (exact) mass is 419 g/mol. The van der Waals surface area contributed by atoms with Crippen LogP contribution in [0, 0.1) is 0 Å². The van der Waals surface area contributed by atoms with Crippen molar-refractivity contribution < 1.29 is 19.8 Å². The van der Waals surface area contributed by atoms with Crippen LogP contribution in [0.2, 0.25) is 0 Å². The van der Waals surface area contributed by atoms with E-state index in [9.17, 15) is 19.8 Å². The smallest absolute Gasteiger partial charge is 0.335 e. The standard InChI is InChI=1S/C23H33NO4S/c1-2-18-15-17(9-10-19(18)22(26)27)7-6-8-21-24(20(25)16-29-21)14-13-23(28)11-4-3-5-12-23/h9-10,15,21,28H,2-8,11-14,16H2,1H3,(H,26,27). The molecule has 2 fully saturated rings. The molecule has 2 N–H and O–H groups in total. The molecule has 6 heteroatoms. The number of thioether (sulfide) groups is 1. The highest BCUT2D eigenvalue weighted by Crippen LogP contribution is 2.34. The Balaban J connectivity index is 1.51. The second-order valence-electron chi connectivity index (χ2n) is 8.43. The largest absolute Gasteiger partial charge is 0.478 e. The van der Waals surface area contributed by atoms with E-state index in [0.29, 0.717) is 30.7 Å². The maximum atomic E-state index is 12.3. The van der Waals surface area contributed by atoms with Crippen LogP contribution in [0.15, 0.2) is 18.2 Å². The van der Waals surface area contributed by atoms with Crippen molar-refractivity contribution in [2.24, 2.45) is 0 Å². The Morgan fingerprint density at radius 1 is 1.28 bits per heavy atom. The van der Waals surface area contributed by atoms with E-state index in [4.69, 9.17) is 0 Å². The predicted molar refractivity (Wildman–Crippen MR) is 116 cm³/mol. The Bertz CT molecular complexity index is 730. The summed E-state index contributed by atoms with van der Waals surface area (Å²) in [6.45, 7) is 2.63. The maximum absolute atomic E-state index is 12.3. The number of aliphatic hydroxyl groups is 1. The van der Waals surface area contributed by atoms with Crippen LogP contribution >= 0.6 is 11.8 Å². The fraction of sp³-hybridized carbons (Fsp3) is 0.652. The molecule has 5 nitrogen and oxygen atoms in total.